The van der Waals surface area contributed by atoms with Crippen molar-refractivity contribution in [3.63, 3.8) is 0 Å². The summed E-state index contributed by atoms with van der Waals surface area (Å²) in [5.74, 6) is -0.666. The molecule has 0 amide bonds. The molecule has 36 heavy (non-hydrogen) atoms. The average Bonchev–Trinajstić information content (AvgIpc) is 2.82. The van der Waals surface area contributed by atoms with E-state index >= 15 is 0 Å². The van der Waals surface area contributed by atoms with Gasteiger partial charge in [-0.05, 0) is 44.5 Å². The Morgan fingerprint density at radius 3 is 2.42 bits per heavy atom. The van der Waals surface area contributed by atoms with Gasteiger partial charge in [-0.1, -0.05) is 18.2 Å². The molecule has 0 saturated heterocycles. The molecule has 0 spiro atoms. The predicted octanol–water partition coefficient (Wildman–Crippen LogP) is 4.93. The maximum atomic E-state index is 13.6. The van der Waals surface area contributed by atoms with E-state index in [1.54, 1.807) is 24.3 Å². The van der Waals surface area contributed by atoms with Gasteiger partial charge in [0.15, 0.2) is 0 Å². The minimum absolute atomic E-state index is 0.0225. The molecule has 0 fully saturated rings. The van der Waals surface area contributed by atoms with Crippen LogP contribution in [-0.2, 0) is 34.1 Å². The van der Waals surface area contributed by atoms with E-state index in [0.717, 1.165) is 5.56 Å². The molecule has 0 aliphatic rings. The summed E-state index contributed by atoms with van der Waals surface area (Å²) in [6.07, 6.45) is -2.55. The highest BCUT2D eigenvalue weighted by molar-refractivity contribution is 7.92. The predicted molar refractivity (Wildman–Crippen MR) is 131 cm³/mol. The van der Waals surface area contributed by atoms with Crippen molar-refractivity contribution in [2.45, 2.75) is 46.2 Å². The molecular weight excluding hydrogens is 497 g/mol. The molecule has 0 saturated carbocycles. The monoisotopic (exact) mass is 524 g/mol. The van der Waals surface area contributed by atoms with Gasteiger partial charge in [-0.15, -0.1) is 0 Å². The lowest BCUT2D eigenvalue weighted by Crippen LogP contribution is -2.18. The minimum atomic E-state index is -4.71. The zero-order valence-corrected chi connectivity index (χ0v) is 20.7. The van der Waals surface area contributed by atoms with Crippen LogP contribution in [0.2, 0.25) is 0 Å². The number of ether oxygens (including phenoxy) is 1. The van der Waals surface area contributed by atoms with Gasteiger partial charge in [-0.2, -0.15) is 18.2 Å². The normalized spacial score (nSPS) is 12.0. The molecule has 13 heteroatoms. The first-order valence-corrected chi connectivity index (χ1v) is 12.7. The van der Waals surface area contributed by atoms with Gasteiger partial charge in [0.25, 0.3) is 0 Å². The summed E-state index contributed by atoms with van der Waals surface area (Å²) in [6, 6.07) is 10.2. The lowest BCUT2D eigenvalue weighted by Gasteiger charge is -2.16. The van der Waals surface area contributed by atoms with E-state index in [1.807, 2.05) is 26.0 Å². The molecule has 9 nitrogen and oxygen atoms in total. The van der Waals surface area contributed by atoms with Crippen LogP contribution in [0.15, 0.2) is 48.8 Å². The van der Waals surface area contributed by atoms with Crippen molar-refractivity contribution >= 4 is 33.3 Å². The molecule has 194 valence electrons. The largest absolute Gasteiger partial charge is 0.421 e. The number of nitrogens with zero attached hydrogens (tertiary/aromatic N) is 3. The molecule has 3 N–H and O–H groups in total. The molecule has 0 atom stereocenters. The number of hydrogen-bond acceptors (Lipinski definition) is 8. The van der Waals surface area contributed by atoms with Crippen LogP contribution in [-0.4, -0.2) is 35.2 Å². The molecular formula is C23H27F3N6O3S. The molecule has 1 aromatic carbocycles. The second-order valence-electron chi connectivity index (χ2n) is 8.01. The Morgan fingerprint density at radius 1 is 1.06 bits per heavy atom. The van der Waals surface area contributed by atoms with Crippen molar-refractivity contribution in [2.75, 3.05) is 21.1 Å². The second kappa shape index (κ2) is 11.5. The van der Waals surface area contributed by atoms with E-state index < -0.39 is 27.6 Å². The molecule has 0 unspecified atom stereocenters. The zero-order chi connectivity index (χ0) is 26.3. The highest BCUT2D eigenvalue weighted by Gasteiger charge is 2.35. The maximum absolute atomic E-state index is 13.6. The minimum Gasteiger partial charge on any atom is -0.374 e. The number of benzene rings is 1. The van der Waals surface area contributed by atoms with Crippen molar-refractivity contribution in [2.24, 2.45) is 0 Å². The third kappa shape index (κ3) is 7.78. The lowest BCUT2D eigenvalue weighted by molar-refractivity contribution is -0.137. The third-order valence-corrected chi connectivity index (χ3v) is 6.12. The molecule has 0 bridgehead atoms. The van der Waals surface area contributed by atoms with Crippen molar-refractivity contribution in [1.82, 2.24) is 15.0 Å². The Balaban J connectivity index is 1.80. The number of halogens is 3. The quantitative estimate of drug-likeness (QED) is 0.323. The smallest absolute Gasteiger partial charge is 0.374 e. The van der Waals surface area contributed by atoms with Crippen LogP contribution in [0.25, 0.3) is 0 Å². The summed E-state index contributed by atoms with van der Waals surface area (Å²) in [7, 11) is -3.63. The van der Waals surface area contributed by atoms with Crippen LogP contribution in [0, 0.1) is 0 Å². The van der Waals surface area contributed by atoms with Crippen molar-refractivity contribution < 1.29 is 26.3 Å². The van der Waals surface area contributed by atoms with Crippen molar-refractivity contribution in [1.29, 1.82) is 0 Å². The van der Waals surface area contributed by atoms with Gasteiger partial charge in [0.05, 0.1) is 18.5 Å². The summed E-state index contributed by atoms with van der Waals surface area (Å²) in [5, 5.41) is 5.53. The highest BCUT2D eigenvalue weighted by atomic mass is 32.2. The summed E-state index contributed by atoms with van der Waals surface area (Å²) in [4.78, 5) is 11.8. The van der Waals surface area contributed by atoms with Gasteiger partial charge in [0, 0.05) is 30.2 Å². The van der Waals surface area contributed by atoms with E-state index in [-0.39, 0.29) is 30.2 Å². The van der Waals surface area contributed by atoms with E-state index in [4.69, 9.17) is 4.74 Å². The van der Waals surface area contributed by atoms with Crippen LogP contribution in [0.4, 0.5) is 36.4 Å². The molecule has 0 aliphatic heterocycles. The second-order valence-corrected chi connectivity index (χ2v) is 10.0. The van der Waals surface area contributed by atoms with E-state index in [1.165, 1.54) is 13.1 Å². The van der Waals surface area contributed by atoms with E-state index in [9.17, 15) is 21.6 Å². The fourth-order valence-corrected chi connectivity index (χ4v) is 3.55. The molecule has 2 heterocycles. The number of hydrogen-bond donors (Lipinski definition) is 3. The number of pyridine rings is 1. The van der Waals surface area contributed by atoms with E-state index in [2.05, 4.69) is 30.3 Å². The summed E-state index contributed by atoms with van der Waals surface area (Å²) in [6.45, 7) is 5.60. The number of sulfonamides is 1. The number of alkyl halides is 3. The zero-order valence-electron chi connectivity index (χ0n) is 19.9. The summed E-state index contributed by atoms with van der Waals surface area (Å²) in [5.41, 5.74) is 0.803. The number of nitrogens with one attached hydrogen (secondary N) is 3. The van der Waals surface area contributed by atoms with Crippen LogP contribution in [0.5, 0.6) is 0 Å². The Morgan fingerprint density at radius 2 is 1.78 bits per heavy atom. The molecule has 3 rings (SSSR count). The highest BCUT2D eigenvalue weighted by Crippen LogP contribution is 2.34. The fourth-order valence-electron chi connectivity index (χ4n) is 2.93. The van der Waals surface area contributed by atoms with Gasteiger partial charge in [0.1, 0.15) is 17.2 Å². The molecule has 0 radical (unpaired) electrons. The SMILES string of the molecule is CCS(=O)(=O)Nc1ncccc1CNc1nc(Nc2ccc(COC(C)C)cc2)ncc1C(F)(F)F. The van der Waals surface area contributed by atoms with Crippen LogP contribution in [0.3, 0.4) is 0 Å². The van der Waals surface area contributed by atoms with Crippen LogP contribution in [0.1, 0.15) is 37.5 Å². The first-order valence-electron chi connectivity index (χ1n) is 11.1. The number of rotatable bonds is 11. The number of aromatic nitrogens is 3. The third-order valence-electron chi connectivity index (χ3n) is 4.86. The van der Waals surface area contributed by atoms with Crippen LogP contribution < -0.4 is 15.4 Å². The Hall–Kier alpha value is -3.45. The summed E-state index contributed by atoms with van der Waals surface area (Å²) < 4.78 is 72.5. The summed E-state index contributed by atoms with van der Waals surface area (Å²) >= 11 is 0. The van der Waals surface area contributed by atoms with E-state index in [0.29, 0.717) is 24.1 Å². The number of anilines is 4. The van der Waals surface area contributed by atoms with Crippen molar-refractivity contribution in [3.05, 3.63) is 65.5 Å². The van der Waals surface area contributed by atoms with Gasteiger partial charge in [0.2, 0.25) is 16.0 Å². The first-order chi connectivity index (χ1) is 17.0. The Bertz CT molecular complexity index is 1270. The maximum Gasteiger partial charge on any atom is 0.421 e. The van der Waals surface area contributed by atoms with Crippen molar-refractivity contribution in [3.8, 4) is 0 Å². The van der Waals surface area contributed by atoms with Gasteiger partial charge in [-0.25, -0.2) is 18.4 Å². The Kier molecular flexibility index (Phi) is 8.69. The molecule has 3 aromatic rings. The topological polar surface area (TPSA) is 118 Å². The fraction of sp³-hybridized carbons (Fsp3) is 0.348. The Labute approximate surface area is 207 Å². The molecule has 0 aliphatic carbocycles. The average molecular weight is 525 g/mol. The lowest BCUT2D eigenvalue weighted by atomic mass is 10.2. The van der Waals surface area contributed by atoms with Gasteiger partial charge in [-0.3, -0.25) is 4.72 Å². The standard InChI is InChI=1S/C23H27F3N6O3S/c1-4-36(33,34)32-20-17(6-5-11-27-20)12-28-21-19(23(24,25)26)13-29-22(31-21)30-18-9-7-16(8-10-18)14-35-15(2)3/h5-11,13,15H,4,12,14H2,1-3H3,(H,27,32)(H2,28,29,30,31). The van der Waals surface area contributed by atoms with Gasteiger partial charge >= 0.3 is 6.18 Å². The van der Waals surface area contributed by atoms with Crippen LogP contribution >= 0.6 is 0 Å². The van der Waals surface area contributed by atoms with Gasteiger partial charge < -0.3 is 15.4 Å². The molecule has 2 aromatic heterocycles. The first kappa shape index (κ1) is 27.1.